The van der Waals surface area contributed by atoms with Crippen molar-refractivity contribution in [3.05, 3.63) is 65.5 Å². The second-order valence-electron chi connectivity index (χ2n) is 4.56. The van der Waals surface area contributed by atoms with Gasteiger partial charge in [0.15, 0.2) is 0 Å². The van der Waals surface area contributed by atoms with E-state index in [2.05, 4.69) is 10.3 Å². The quantitative estimate of drug-likeness (QED) is 0.907. The fraction of sp³-hybridized carbons (Fsp3) is 0.267. The van der Waals surface area contributed by atoms with Crippen LogP contribution >= 0.6 is 0 Å². The highest BCUT2D eigenvalue weighted by molar-refractivity contribution is 5.23. The van der Waals surface area contributed by atoms with Crippen molar-refractivity contribution in [2.45, 2.75) is 25.9 Å². The second kappa shape index (κ2) is 5.89. The summed E-state index contributed by atoms with van der Waals surface area (Å²) in [6.45, 7) is 3.77. The summed E-state index contributed by atoms with van der Waals surface area (Å²) in [7, 11) is 0. The molecule has 0 spiro atoms. The van der Waals surface area contributed by atoms with E-state index >= 15 is 0 Å². The molecule has 1 heterocycles. The Hall–Kier alpha value is -1.81. The maximum atomic E-state index is 13.7. The first-order chi connectivity index (χ1) is 9.08. The summed E-state index contributed by atoms with van der Waals surface area (Å²) >= 11 is 0. The predicted octanol–water partition coefficient (Wildman–Crippen LogP) is 3.77. The van der Waals surface area contributed by atoms with Gasteiger partial charge in [-0.3, -0.25) is 4.98 Å². The van der Waals surface area contributed by atoms with E-state index in [1.807, 2.05) is 26.0 Å². The van der Waals surface area contributed by atoms with Crippen molar-refractivity contribution in [2.24, 2.45) is 0 Å². The molecule has 0 fully saturated rings. The summed E-state index contributed by atoms with van der Waals surface area (Å²) in [5.41, 5.74) is 1.34. The van der Waals surface area contributed by atoms with Crippen molar-refractivity contribution < 1.29 is 8.78 Å². The van der Waals surface area contributed by atoms with Gasteiger partial charge in [-0.15, -0.1) is 0 Å². The van der Waals surface area contributed by atoms with Gasteiger partial charge < -0.3 is 5.32 Å². The van der Waals surface area contributed by atoms with Crippen LogP contribution < -0.4 is 5.32 Å². The molecule has 2 aromatic rings. The van der Waals surface area contributed by atoms with Gasteiger partial charge in [-0.05, 0) is 43.7 Å². The molecular formula is C15H16F2N2. The van der Waals surface area contributed by atoms with Crippen molar-refractivity contribution >= 4 is 0 Å². The lowest BCUT2D eigenvalue weighted by Crippen LogP contribution is -2.23. The maximum Gasteiger partial charge on any atom is 0.128 e. The van der Waals surface area contributed by atoms with Crippen LogP contribution in [0.4, 0.5) is 8.78 Å². The van der Waals surface area contributed by atoms with Gasteiger partial charge in [-0.25, -0.2) is 8.78 Å². The molecule has 4 heteroatoms. The minimum atomic E-state index is -0.431. The van der Waals surface area contributed by atoms with E-state index < -0.39 is 11.6 Å². The SMILES string of the molecule is CC(N[C@H](C)c1cccnc1)c1cc(F)ccc1F. The van der Waals surface area contributed by atoms with Crippen LogP contribution in [0.2, 0.25) is 0 Å². The summed E-state index contributed by atoms with van der Waals surface area (Å²) in [5.74, 6) is -0.834. The zero-order valence-electron chi connectivity index (χ0n) is 10.9. The fourth-order valence-electron chi connectivity index (χ4n) is 2.04. The predicted molar refractivity (Wildman–Crippen MR) is 70.6 cm³/mol. The van der Waals surface area contributed by atoms with E-state index in [1.54, 1.807) is 12.4 Å². The number of hydrogen-bond donors (Lipinski definition) is 1. The number of nitrogens with zero attached hydrogens (tertiary/aromatic N) is 1. The molecule has 0 aliphatic heterocycles. The van der Waals surface area contributed by atoms with Crippen LogP contribution in [0.1, 0.15) is 37.1 Å². The molecular weight excluding hydrogens is 246 g/mol. The van der Waals surface area contributed by atoms with Crippen molar-refractivity contribution in [3.63, 3.8) is 0 Å². The van der Waals surface area contributed by atoms with Crippen LogP contribution in [-0.4, -0.2) is 4.98 Å². The lowest BCUT2D eigenvalue weighted by molar-refractivity contribution is 0.469. The van der Waals surface area contributed by atoms with Crippen molar-refractivity contribution in [1.29, 1.82) is 0 Å². The lowest BCUT2D eigenvalue weighted by Gasteiger charge is -2.21. The average molecular weight is 262 g/mol. The Morgan fingerprint density at radius 1 is 1.11 bits per heavy atom. The first-order valence-electron chi connectivity index (χ1n) is 6.19. The number of aromatic nitrogens is 1. The van der Waals surface area contributed by atoms with Crippen LogP contribution in [0.3, 0.4) is 0 Å². The highest BCUT2D eigenvalue weighted by Gasteiger charge is 2.15. The molecule has 2 atom stereocenters. The number of hydrogen-bond acceptors (Lipinski definition) is 2. The third kappa shape index (κ3) is 3.35. The first-order valence-corrected chi connectivity index (χ1v) is 6.19. The van der Waals surface area contributed by atoms with Crippen LogP contribution in [-0.2, 0) is 0 Å². The van der Waals surface area contributed by atoms with E-state index in [-0.39, 0.29) is 12.1 Å². The van der Waals surface area contributed by atoms with E-state index in [4.69, 9.17) is 0 Å². The van der Waals surface area contributed by atoms with E-state index in [0.717, 1.165) is 17.7 Å². The van der Waals surface area contributed by atoms with E-state index in [1.165, 1.54) is 6.07 Å². The largest absolute Gasteiger partial charge is 0.303 e. The van der Waals surface area contributed by atoms with Crippen molar-refractivity contribution in [1.82, 2.24) is 10.3 Å². The summed E-state index contributed by atoms with van der Waals surface area (Å²) in [6, 6.07) is 7.01. The molecule has 0 aliphatic rings. The Balaban J connectivity index is 2.13. The number of rotatable bonds is 4. The maximum absolute atomic E-state index is 13.7. The van der Waals surface area contributed by atoms with Crippen molar-refractivity contribution in [2.75, 3.05) is 0 Å². The van der Waals surface area contributed by atoms with E-state index in [9.17, 15) is 8.78 Å². The topological polar surface area (TPSA) is 24.9 Å². The summed E-state index contributed by atoms with van der Waals surface area (Å²) in [5, 5.41) is 3.23. The highest BCUT2D eigenvalue weighted by atomic mass is 19.1. The molecule has 0 saturated carbocycles. The zero-order chi connectivity index (χ0) is 13.8. The van der Waals surface area contributed by atoms with Gasteiger partial charge in [0.05, 0.1) is 0 Å². The number of nitrogens with one attached hydrogen (secondary N) is 1. The van der Waals surface area contributed by atoms with Crippen LogP contribution in [0.25, 0.3) is 0 Å². The molecule has 1 aromatic heterocycles. The molecule has 0 amide bonds. The van der Waals surface area contributed by atoms with Gasteiger partial charge in [0.2, 0.25) is 0 Å². The monoisotopic (exact) mass is 262 g/mol. The molecule has 2 rings (SSSR count). The molecule has 0 bridgehead atoms. The van der Waals surface area contributed by atoms with Gasteiger partial charge >= 0.3 is 0 Å². The zero-order valence-corrected chi connectivity index (χ0v) is 10.9. The third-order valence-electron chi connectivity index (χ3n) is 3.11. The highest BCUT2D eigenvalue weighted by Crippen LogP contribution is 2.21. The molecule has 19 heavy (non-hydrogen) atoms. The standard InChI is InChI=1S/C15H16F2N2/c1-10(12-4-3-7-18-9-12)19-11(2)14-8-13(16)5-6-15(14)17/h3-11,19H,1-2H3/t10-,11?/m1/s1. The smallest absolute Gasteiger partial charge is 0.128 e. The molecule has 1 N–H and O–H groups in total. The summed E-state index contributed by atoms with van der Waals surface area (Å²) in [6.07, 6.45) is 3.46. The van der Waals surface area contributed by atoms with Crippen molar-refractivity contribution in [3.8, 4) is 0 Å². The summed E-state index contributed by atoms with van der Waals surface area (Å²) in [4.78, 5) is 4.04. The molecule has 100 valence electrons. The number of pyridine rings is 1. The molecule has 1 unspecified atom stereocenters. The average Bonchev–Trinajstić information content (AvgIpc) is 2.42. The fourth-order valence-corrected chi connectivity index (χ4v) is 2.04. The number of halogens is 2. The van der Waals surface area contributed by atoms with Crippen LogP contribution in [0.5, 0.6) is 0 Å². The normalized spacial score (nSPS) is 14.1. The van der Waals surface area contributed by atoms with Crippen LogP contribution in [0.15, 0.2) is 42.7 Å². The van der Waals surface area contributed by atoms with Gasteiger partial charge in [-0.2, -0.15) is 0 Å². The second-order valence-corrected chi connectivity index (χ2v) is 4.56. The van der Waals surface area contributed by atoms with E-state index in [0.29, 0.717) is 5.56 Å². The minimum Gasteiger partial charge on any atom is -0.303 e. The Labute approximate surface area is 111 Å². The van der Waals surface area contributed by atoms with Gasteiger partial charge in [0.1, 0.15) is 11.6 Å². The van der Waals surface area contributed by atoms with Gasteiger partial charge in [0, 0.05) is 30.0 Å². The first kappa shape index (κ1) is 13.6. The number of benzene rings is 1. The summed E-state index contributed by atoms with van der Waals surface area (Å²) < 4.78 is 26.8. The molecule has 2 nitrogen and oxygen atoms in total. The van der Waals surface area contributed by atoms with Gasteiger partial charge in [0.25, 0.3) is 0 Å². The minimum absolute atomic E-state index is 0.00590. The lowest BCUT2D eigenvalue weighted by atomic mass is 10.0. The Bertz CT molecular complexity index is 543. The molecule has 0 saturated heterocycles. The van der Waals surface area contributed by atoms with Crippen LogP contribution in [0, 0.1) is 11.6 Å². The molecule has 0 radical (unpaired) electrons. The third-order valence-corrected chi connectivity index (χ3v) is 3.11. The Morgan fingerprint density at radius 3 is 2.58 bits per heavy atom. The van der Waals surface area contributed by atoms with Gasteiger partial charge in [-0.1, -0.05) is 6.07 Å². The Kier molecular flexibility index (Phi) is 4.22. The molecule has 1 aromatic carbocycles. The molecule has 0 aliphatic carbocycles. The Morgan fingerprint density at radius 2 is 1.89 bits per heavy atom.